The lowest BCUT2D eigenvalue weighted by atomic mass is 10.0. The number of hydrogen-bond donors (Lipinski definition) is 1. The van der Waals surface area contributed by atoms with Gasteiger partial charge in [-0.3, -0.25) is 0 Å². The molecule has 18 heavy (non-hydrogen) atoms. The van der Waals surface area contributed by atoms with Crippen molar-refractivity contribution in [2.75, 3.05) is 12.3 Å². The summed E-state index contributed by atoms with van der Waals surface area (Å²) in [4.78, 5) is 0. The highest BCUT2D eigenvalue weighted by Gasteiger charge is 2.24. The Morgan fingerprint density at radius 2 is 1.78 bits per heavy atom. The molecule has 2 unspecified atom stereocenters. The first-order valence-electron chi connectivity index (χ1n) is 8.23. The fourth-order valence-electron chi connectivity index (χ4n) is 2.92. The van der Waals surface area contributed by atoms with Crippen LogP contribution in [0, 0.1) is 0 Å². The summed E-state index contributed by atoms with van der Waals surface area (Å²) >= 11 is 2.20. The maximum absolute atomic E-state index is 3.71. The van der Waals surface area contributed by atoms with E-state index >= 15 is 0 Å². The summed E-state index contributed by atoms with van der Waals surface area (Å²) in [6, 6.07) is 0.790. The molecule has 0 aromatic rings. The Kier molecular flexibility index (Phi) is 10.1. The van der Waals surface area contributed by atoms with Crippen molar-refractivity contribution in [3.05, 3.63) is 0 Å². The summed E-state index contributed by atoms with van der Waals surface area (Å²) < 4.78 is 0. The van der Waals surface area contributed by atoms with Crippen LogP contribution in [0.2, 0.25) is 0 Å². The molecule has 1 saturated heterocycles. The Hall–Kier alpha value is 0.310. The fourth-order valence-corrected chi connectivity index (χ4v) is 4.36. The highest BCUT2D eigenvalue weighted by Crippen LogP contribution is 2.30. The Labute approximate surface area is 119 Å². The van der Waals surface area contributed by atoms with Crippen LogP contribution < -0.4 is 5.32 Å². The predicted octanol–water partition coefficient (Wildman–Crippen LogP) is 5.00. The molecule has 0 bridgehead atoms. The number of hydrogen-bond acceptors (Lipinski definition) is 2. The third-order valence-electron chi connectivity index (χ3n) is 4.00. The smallest absolute Gasteiger partial charge is 0.0201 e. The maximum Gasteiger partial charge on any atom is 0.0201 e. The first kappa shape index (κ1) is 16.4. The molecule has 2 atom stereocenters. The van der Waals surface area contributed by atoms with Crippen molar-refractivity contribution in [1.82, 2.24) is 5.32 Å². The van der Waals surface area contributed by atoms with Crippen molar-refractivity contribution in [2.45, 2.75) is 89.3 Å². The van der Waals surface area contributed by atoms with Gasteiger partial charge < -0.3 is 5.32 Å². The SMILES string of the molecule is CCCCCCCCCC(NCC)C1CCCS1. The van der Waals surface area contributed by atoms with Crippen molar-refractivity contribution in [3.63, 3.8) is 0 Å². The van der Waals surface area contributed by atoms with Gasteiger partial charge in [0, 0.05) is 11.3 Å². The number of thioether (sulfide) groups is 1. The van der Waals surface area contributed by atoms with E-state index in [1.54, 1.807) is 0 Å². The topological polar surface area (TPSA) is 12.0 Å². The Morgan fingerprint density at radius 1 is 1.06 bits per heavy atom. The van der Waals surface area contributed by atoms with E-state index in [1.807, 2.05) is 0 Å². The molecule has 1 rings (SSSR count). The van der Waals surface area contributed by atoms with E-state index in [2.05, 4.69) is 30.9 Å². The summed E-state index contributed by atoms with van der Waals surface area (Å²) in [7, 11) is 0. The zero-order valence-electron chi connectivity index (χ0n) is 12.5. The number of rotatable bonds is 11. The van der Waals surface area contributed by atoms with Crippen LogP contribution in [-0.4, -0.2) is 23.6 Å². The summed E-state index contributed by atoms with van der Waals surface area (Å²) in [6.07, 6.45) is 14.3. The summed E-state index contributed by atoms with van der Waals surface area (Å²) in [5, 5.41) is 4.62. The molecular formula is C16H33NS. The summed E-state index contributed by atoms with van der Waals surface area (Å²) in [6.45, 7) is 5.68. The van der Waals surface area contributed by atoms with Crippen molar-refractivity contribution in [1.29, 1.82) is 0 Å². The molecular weight excluding hydrogens is 238 g/mol. The second kappa shape index (κ2) is 11.2. The molecule has 1 fully saturated rings. The molecule has 2 heteroatoms. The second-order valence-corrected chi connectivity index (χ2v) is 6.97. The highest BCUT2D eigenvalue weighted by molar-refractivity contribution is 8.00. The number of nitrogens with one attached hydrogen (secondary N) is 1. The standard InChI is InChI=1S/C16H33NS/c1-3-5-6-7-8-9-10-12-15(17-4-2)16-13-11-14-18-16/h15-17H,3-14H2,1-2H3. The number of unbranched alkanes of at least 4 members (excludes halogenated alkanes) is 6. The monoisotopic (exact) mass is 271 g/mol. The fraction of sp³-hybridized carbons (Fsp3) is 1.00. The molecule has 0 saturated carbocycles. The lowest BCUT2D eigenvalue weighted by molar-refractivity contribution is 0.443. The van der Waals surface area contributed by atoms with E-state index in [4.69, 9.17) is 0 Å². The van der Waals surface area contributed by atoms with Crippen LogP contribution in [0.1, 0.15) is 78.1 Å². The first-order valence-corrected chi connectivity index (χ1v) is 9.28. The van der Waals surface area contributed by atoms with Crippen molar-refractivity contribution in [2.24, 2.45) is 0 Å². The average Bonchev–Trinajstić information content (AvgIpc) is 2.90. The van der Waals surface area contributed by atoms with Gasteiger partial charge in [0.15, 0.2) is 0 Å². The van der Waals surface area contributed by atoms with E-state index in [1.165, 1.54) is 70.0 Å². The molecule has 0 spiro atoms. The van der Waals surface area contributed by atoms with Crippen LogP contribution in [0.15, 0.2) is 0 Å². The highest BCUT2D eigenvalue weighted by atomic mass is 32.2. The Morgan fingerprint density at radius 3 is 2.39 bits per heavy atom. The van der Waals surface area contributed by atoms with Gasteiger partial charge in [0.2, 0.25) is 0 Å². The molecule has 0 radical (unpaired) electrons. The third-order valence-corrected chi connectivity index (χ3v) is 5.52. The Balaban J connectivity index is 2.02. The third kappa shape index (κ3) is 7.04. The molecule has 108 valence electrons. The van der Waals surface area contributed by atoms with Gasteiger partial charge in [0.05, 0.1) is 0 Å². The average molecular weight is 272 g/mol. The van der Waals surface area contributed by atoms with Crippen LogP contribution in [0.25, 0.3) is 0 Å². The normalized spacial score (nSPS) is 21.3. The zero-order valence-corrected chi connectivity index (χ0v) is 13.4. The van der Waals surface area contributed by atoms with Gasteiger partial charge in [0.25, 0.3) is 0 Å². The van der Waals surface area contributed by atoms with Crippen molar-refractivity contribution in [3.8, 4) is 0 Å². The maximum atomic E-state index is 3.71. The largest absolute Gasteiger partial charge is 0.313 e. The molecule has 1 nitrogen and oxygen atoms in total. The van der Waals surface area contributed by atoms with Crippen LogP contribution in [-0.2, 0) is 0 Å². The minimum Gasteiger partial charge on any atom is -0.313 e. The van der Waals surface area contributed by atoms with E-state index in [0.717, 1.165) is 17.8 Å². The van der Waals surface area contributed by atoms with Crippen LogP contribution in [0.5, 0.6) is 0 Å². The molecule has 0 aromatic heterocycles. The molecule has 0 amide bonds. The van der Waals surface area contributed by atoms with Gasteiger partial charge in [-0.1, -0.05) is 58.8 Å². The summed E-state index contributed by atoms with van der Waals surface area (Å²) in [5.74, 6) is 1.39. The Bertz CT molecular complexity index is 178. The zero-order chi connectivity index (χ0) is 13.1. The van der Waals surface area contributed by atoms with E-state index in [0.29, 0.717) is 0 Å². The van der Waals surface area contributed by atoms with E-state index in [9.17, 15) is 0 Å². The van der Waals surface area contributed by atoms with Crippen LogP contribution in [0.4, 0.5) is 0 Å². The second-order valence-electron chi connectivity index (χ2n) is 5.63. The van der Waals surface area contributed by atoms with Crippen molar-refractivity contribution >= 4 is 11.8 Å². The molecule has 1 aliphatic heterocycles. The lowest BCUT2D eigenvalue weighted by Gasteiger charge is -2.23. The van der Waals surface area contributed by atoms with E-state index in [-0.39, 0.29) is 0 Å². The first-order chi connectivity index (χ1) is 8.88. The van der Waals surface area contributed by atoms with Gasteiger partial charge >= 0.3 is 0 Å². The van der Waals surface area contributed by atoms with Gasteiger partial charge in [-0.2, -0.15) is 11.8 Å². The van der Waals surface area contributed by atoms with Gasteiger partial charge in [0.1, 0.15) is 0 Å². The van der Waals surface area contributed by atoms with Gasteiger partial charge in [-0.15, -0.1) is 0 Å². The van der Waals surface area contributed by atoms with Crippen molar-refractivity contribution < 1.29 is 0 Å². The van der Waals surface area contributed by atoms with E-state index < -0.39 is 0 Å². The minimum atomic E-state index is 0.790. The van der Waals surface area contributed by atoms with Crippen LogP contribution in [0.3, 0.4) is 0 Å². The quantitative estimate of drug-likeness (QED) is 0.531. The predicted molar refractivity (Wildman–Crippen MR) is 85.6 cm³/mol. The van der Waals surface area contributed by atoms with Crippen LogP contribution >= 0.6 is 11.8 Å². The minimum absolute atomic E-state index is 0.790. The van der Waals surface area contributed by atoms with Gasteiger partial charge in [-0.05, 0) is 31.6 Å². The molecule has 0 aromatic carbocycles. The molecule has 1 N–H and O–H groups in total. The lowest BCUT2D eigenvalue weighted by Crippen LogP contribution is -2.36. The molecule has 1 heterocycles. The molecule has 1 aliphatic rings. The van der Waals surface area contributed by atoms with Gasteiger partial charge in [-0.25, -0.2) is 0 Å². The summed E-state index contributed by atoms with van der Waals surface area (Å²) in [5.41, 5.74) is 0. The molecule has 0 aliphatic carbocycles.